The number of rotatable bonds is 8. The fourth-order valence-corrected chi connectivity index (χ4v) is 7.01. The van der Waals surface area contributed by atoms with E-state index in [2.05, 4.69) is 95.5 Å². The van der Waals surface area contributed by atoms with Crippen LogP contribution in [0.3, 0.4) is 0 Å². The summed E-state index contributed by atoms with van der Waals surface area (Å²) in [5.41, 5.74) is 9.26. The average molecular weight is 508 g/mol. The molecular weight excluding hydrogens is 466 g/mol. The summed E-state index contributed by atoms with van der Waals surface area (Å²) in [6.07, 6.45) is 6.54. The van der Waals surface area contributed by atoms with Gasteiger partial charge in [0.25, 0.3) is 0 Å². The maximum Gasteiger partial charge on any atom is 0.248 e. The van der Waals surface area contributed by atoms with E-state index < -0.39 is 0 Å². The van der Waals surface area contributed by atoms with Gasteiger partial charge in [0.1, 0.15) is 0 Å². The highest BCUT2D eigenvalue weighted by Crippen LogP contribution is 2.47. The van der Waals surface area contributed by atoms with E-state index in [-0.39, 0.29) is 11.8 Å². The predicted octanol–water partition coefficient (Wildman–Crippen LogP) is 6.78. The number of hydrogen-bond donors (Lipinski definition) is 0. The van der Waals surface area contributed by atoms with Gasteiger partial charge in [-0.2, -0.15) is 0 Å². The third kappa shape index (κ3) is 4.58. The SMILES string of the molecule is CCCCc1cccc2c1C(C(=O)N(CCC)N1CCC(N3Cc4ccccc4C3)CC1)c1ccccc1-2. The molecule has 3 aromatic rings. The predicted molar refractivity (Wildman–Crippen MR) is 155 cm³/mol. The highest BCUT2D eigenvalue weighted by atomic mass is 16.2. The Morgan fingerprint density at radius 2 is 1.53 bits per heavy atom. The molecule has 4 nitrogen and oxygen atoms in total. The van der Waals surface area contributed by atoms with Crippen LogP contribution in [0.25, 0.3) is 11.1 Å². The molecule has 0 radical (unpaired) electrons. The first-order valence-electron chi connectivity index (χ1n) is 14.8. The lowest BCUT2D eigenvalue weighted by Gasteiger charge is -2.43. The highest BCUT2D eigenvalue weighted by molar-refractivity contribution is 5.96. The van der Waals surface area contributed by atoms with Gasteiger partial charge in [0.2, 0.25) is 5.91 Å². The van der Waals surface area contributed by atoms with Gasteiger partial charge >= 0.3 is 0 Å². The number of fused-ring (bicyclic) bond motifs is 4. The van der Waals surface area contributed by atoms with Crippen molar-refractivity contribution in [2.75, 3.05) is 19.6 Å². The minimum atomic E-state index is -0.202. The second-order valence-electron chi connectivity index (χ2n) is 11.3. The van der Waals surface area contributed by atoms with Gasteiger partial charge in [-0.15, -0.1) is 0 Å². The molecule has 1 amide bonds. The molecule has 2 aliphatic heterocycles. The molecule has 1 atom stereocenters. The van der Waals surface area contributed by atoms with Gasteiger partial charge in [0.05, 0.1) is 5.92 Å². The van der Waals surface area contributed by atoms with Crippen LogP contribution < -0.4 is 0 Å². The quantitative estimate of drug-likeness (QED) is 0.336. The Hall–Kier alpha value is -2.95. The molecule has 0 saturated carbocycles. The van der Waals surface area contributed by atoms with Crippen molar-refractivity contribution in [3.8, 4) is 11.1 Å². The molecule has 6 rings (SSSR count). The number of hydrazine groups is 1. The molecule has 38 heavy (non-hydrogen) atoms. The Bertz CT molecular complexity index is 1270. The Morgan fingerprint density at radius 3 is 2.24 bits per heavy atom. The molecule has 3 aromatic carbocycles. The summed E-state index contributed by atoms with van der Waals surface area (Å²) < 4.78 is 0. The van der Waals surface area contributed by atoms with Crippen LogP contribution in [0.1, 0.15) is 79.7 Å². The number of amides is 1. The minimum absolute atomic E-state index is 0.202. The zero-order chi connectivity index (χ0) is 26.1. The number of unbranched alkanes of at least 4 members (excludes halogenated alkanes) is 1. The molecule has 0 aromatic heterocycles. The molecule has 2 heterocycles. The number of benzene rings is 3. The van der Waals surface area contributed by atoms with Crippen molar-refractivity contribution >= 4 is 5.91 Å². The van der Waals surface area contributed by atoms with Crippen molar-refractivity contribution in [1.82, 2.24) is 14.9 Å². The molecule has 1 fully saturated rings. The summed E-state index contributed by atoms with van der Waals surface area (Å²) in [6.45, 7) is 9.24. The molecule has 198 valence electrons. The van der Waals surface area contributed by atoms with E-state index in [0.29, 0.717) is 6.04 Å². The van der Waals surface area contributed by atoms with Crippen LogP contribution in [0.15, 0.2) is 66.7 Å². The molecule has 1 aliphatic carbocycles. The number of piperidine rings is 1. The third-order valence-corrected chi connectivity index (χ3v) is 8.95. The van der Waals surface area contributed by atoms with E-state index in [4.69, 9.17) is 0 Å². The lowest BCUT2D eigenvalue weighted by Crippen LogP contribution is -2.54. The topological polar surface area (TPSA) is 26.8 Å². The van der Waals surface area contributed by atoms with E-state index in [1.54, 1.807) is 0 Å². The fourth-order valence-electron chi connectivity index (χ4n) is 7.01. The van der Waals surface area contributed by atoms with Crippen LogP contribution in [-0.4, -0.2) is 46.5 Å². The van der Waals surface area contributed by atoms with Gasteiger partial charge in [-0.25, -0.2) is 5.01 Å². The van der Waals surface area contributed by atoms with Gasteiger partial charge in [0.15, 0.2) is 0 Å². The lowest BCUT2D eigenvalue weighted by atomic mass is 9.89. The van der Waals surface area contributed by atoms with Crippen LogP contribution in [0.2, 0.25) is 0 Å². The molecule has 0 spiro atoms. The Labute approximate surface area is 228 Å². The third-order valence-electron chi connectivity index (χ3n) is 8.95. The van der Waals surface area contributed by atoms with Crippen LogP contribution in [0, 0.1) is 0 Å². The van der Waals surface area contributed by atoms with Crippen LogP contribution in [-0.2, 0) is 24.3 Å². The largest absolute Gasteiger partial charge is 0.292 e. The Balaban J connectivity index is 1.23. The first kappa shape index (κ1) is 25.3. The fraction of sp³-hybridized carbons (Fsp3) is 0.441. The summed E-state index contributed by atoms with van der Waals surface area (Å²) in [4.78, 5) is 17.2. The molecule has 0 N–H and O–H groups in total. The van der Waals surface area contributed by atoms with Gasteiger partial charge < -0.3 is 0 Å². The highest BCUT2D eigenvalue weighted by Gasteiger charge is 2.40. The minimum Gasteiger partial charge on any atom is -0.292 e. The monoisotopic (exact) mass is 507 g/mol. The summed E-state index contributed by atoms with van der Waals surface area (Å²) >= 11 is 0. The summed E-state index contributed by atoms with van der Waals surface area (Å²) in [5.74, 6) is 0.0561. The van der Waals surface area contributed by atoms with Crippen molar-refractivity contribution < 1.29 is 4.79 Å². The van der Waals surface area contributed by atoms with Gasteiger partial charge in [-0.3, -0.25) is 14.7 Å². The number of aryl methyl sites for hydroxylation is 1. The smallest absolute Gasteiger partial charge is 0.248 e. The number of carbonyl (C=O) groups excluding carboxylic acids is 1. The summed E-state index contributed by atoms with van der Waals surface area (Å²) in [6, 6.07) is 24.7. The maximum atomic E-state index is 14.5. The Kier molecular flexibility index (Phi) is 7.36. The van der Waals surface area contributed by atoms with E-state index >= 15 is 0 Å². The van der Waals surface area contributed by atoms with E-state index in [1.807, 2.05) is 0 Å². The second kappa shape index (κ2) is 11.0. The molecule has 1 unspecified atom stereocenters. The van der Waals surface area contributed by atoms with Crippen molar-refractivity contribution in [2.45, 2.75) is 77.4 Å². The molecule has 4 heteroatoms. The van der Waals surface area contributed by atoms with E-state index in [1.165, 1.54) is 38.9 Å². The van der Waals surface area contributed by atoms with Crippen LogP contribution in [0.5, 0.6) is 0 Å². The standard InChI is InChI=1S/C34H41N3O/c1-3-5-11-25-14-10-17-30-29-15-8-9-16-31(29)33(32(25)30)34(38)37(20-4-2)36-21-18-28(19-22-36)35-23-26-12-6-7-13-27(26)24-35/h6-10,12-17,28,33H,3-5,11,18-24H2,1-2H3. The number of carbonyl (C=O) groups is 1. The van der Waals surface area contributed by atoms with Gasteiger partial charge in [-0.05, 0) is 71.0 Å². The van der Waals surface area contributed by atoms with E-state index in [0.717, 1.165) is 71.2 Å². The maximum absolute atomic E-state index is 14.5. The summed E-state index contributed by atoms with van der Waals surface area (Å²) in [7, 11) is 0. The zero-order valence-corrected chi connectivity index (χ0v) is 23.0. The van der Waals surface area contributed by atoms with Crippen molar-refractivity contribution in [3.05, 3.63) is 94.5 Å². The molecule has 0 bridgehead atoms. The zero-order valence-electron chi connectivity index (χ0n) is 23.0. The van der Waals surface area contributed by atoms with Crippen molar-refractivity contribution in [2.24, 2.45) is 0 Å². The van der Waals surface area contributed by atoms with Crippen molar-refractivity contribution in [3.63, 3.8) is 0 Å². The Morgan fingerprint density at radius 1 is 0.842 bits per heavy atom. The first-order valence-corrected chi connectivity index (χ1v) is 14.8. The molecular formula is C34H41N3O. The number of hydrogen-bond acceptors (Lipinski definition) is 3. The van der Waals surface area contributed by atoms with Crippen molar-refractivity contribution in [1.29, 1.82) is 0 Å². The van der Waals surface area contributed by atoms with Gasteiger partial charge in [0, 0.05) is 38.8 Å². The second-order valence-corrected chi connectivity index (χ2v) is 11.3. The first-order chi connectivity index (χ1) is 18.7. The number of nitrogens with zero attached hydrogens (tertiary/aromatic N) is 3. The normalized spacial score (nSPS) is 19.3. The summed E-state index contributed by atoms with van der Waals surface area (Å²) in [5, 5.41) is 4.50. The average Bonchev–Trinajstić information content (AvgIpc) is 3.54. The molecule has 1 saturated heterocycles. The lowest BCUT2D eigenvalue weighted by molar-refractivity contribution is -0.153. The van der Waals surface area contributed by atoms with E-state index in [9.17, 15) is 4.79 Å². The van der Waals surface area contributed by atoms with Crippen LogP contribution >= 0.6 is 0 Å². The molecule has 3 aliphatic rings. The van der Waals surface area contributed by atoms with Crippen LogP contribution in [0.4, 0.5) is 0 Å². The van der Waals surface area contributed by atoms with Gasteiger partial charge in [-0.1, -0.05) is 87.0 Å².